The van der Waals surface area contributed by atoms with Crippen LogP contribution in [0.15, 0.2) is 0 Å². The van der Waals surface area contributed by atoms with E-state index in [0.29, 0.717) is 0 Å². The van der Waals surface area contributed by atoms with Gasteiger partial charge in [-0.05, 0) is 4.18 Å². The zero-order chi connectivity index (χ0) is 16.8. The van der Waals surface area contributed by atoms with Crippen molar-refractivity contribution in [3.05, 3.63) is 0 Å². The van der Waals surface area contributed by atoms with Crippen LogP contribution in [-0.2, 0) is 0 Å². The predicted molar refractivity (Wildman–Crippen MR) is 107 cm³/mol. The van der Waals surface area contributed by atoms with Crippen molar-refractivity contribution < 1.29 is 5.02 Å². The summed E-state index contributed by atoms with van der Waals surface area (Å²) in [5.74, 6) is 0. The van der Waals surface area contributed by atoms with E-state index in [4.69, 9.17) is 0 Å². The second-order valence-electron chi connectivity index (χ2n) is 10.4. The molecule has 0 rings (SSSR count). The average Bonchev–Trinajstić information content (AvgIpc) is 1.88. The van der Waals surface area contributed by atoms with Crippen LogP contribution in [0.2, 0.25) is 82.7 Å². The van der Waals surface area contributed by atoms with E-state index in [0.717, 1.165) is 0 Å². The summed E-state index contributed by atoms with van der Waals surface area (Å²) in [4.78, 5) is 3.68. The molecule has 0 aliphatic carbocycles. The van der Waals surface area contributed by atoms with Crippen molar-refractivity contribution in [3.8, 4) is 0 Å². The van der Waals surface area contributed by atoms with Crippen LogP contribution in [-0.4, -0.2) is 44.5 Å². The maximum Gasteiger partial charge on any atom is 0.368 e. The molecule has 2 nitrogen and oxygen atoms in total. The Morgan fingerprint density at radius 1 is 0.650 bits per heavy atom. The van der Waals surface area contributed by atoms with Crippen LogP contribution in [0.4, 0.5) is 0 Å². The fourth-order valence-corrected chi connectivity index (χ4v) is 36.3. The lowest BCUT2D eigenvalue weighted by Gasteiger charge is -2.60. The maximum atomic E-state index is 11.3. The van der Waals surface area contributed by atoms with Gasteiger partial charge in [0.05, 0.1) is 0 Å². The van der Waals surface area contributed by atoms with Crippen molar-refractivity contribution in [2.24, 2.45) is 0 Å². The minimum Gasteiger partial charge on any atom is -0.438 e. The molecular weight excluding hydrogens is 309 g/mol. The lowest BCUT2D eigenvalue weighted by molar-refractivity contribution is 0.556. The Morgan fingerprint density at radius 3 is 1.05 bits per heavy atom. The molecule has 0 radical (unpaired) electrons. The normalized spacial score (nSPS) is 15.4. The van der Waals surface area contributed by atoms with Crippen molar-refractivity contribution in [1.82, 2.24) is 4.89 Å². The van der Waals surface area contributed by atoms with E-state index in [-0.39, 0.29) is 11.2 Å². The van der Waals surface area contributed by atoms with Crippen LogP contribution < -0.4 is 4.89 Å². The molecule has 0 saturated carbocycles. The van der Waals surface area contributed by atoms with Crippen molar-refractivity contribution in [2.75, 3.05) is 0 Å². The quantitative estimate of drug-likeness (QED) is 0.704. The largest absolute Gasteiger partial charge is 0.438 e. The first-order valence-electron chi connectivity index (χ1n) is 7.84. The number of hydrogen-bond acceptors (Lipinski definition) is 2. The van der Waals surface area contributed by atoms with Crippen LogP contribution >= 0.6 is 0 Å². The Morgan fingerprint density at radius 2 is 0.900 bits per heavy atom. The minimum absolute atomic E-state index is 0.174. The summed E-state index contributed by atoms with van der Waals surface area (Å²) in [5, 5.41) is 11.3. The second-order valence-corrected chi connectivity index (χ2v) is 32.5. The topological polar surface area (TPSA) is 32.3 Å². The van der Waals surface area contributed by atoms with Crippen molar-refractivity contribution in [2.45, 2.75) is 82.7 Å². The summed E-state index contributed by atoms with van der Waals surface area (Å²) in [5.41, 5.74) is 0. The zero-order valence-corrected chi connectivity index (χ0v) is 20.0. The van der Waals surface area contributed by atoms with E-state index in [1.165, 1.54) is 0 Å². The van der Waals surface area contributed by atoms with Gasteiger partial charge in [-0.25, -0.2) is 0 Å². The Kier molecular flexibility index (Phi) is 6.06. The van der Waals surface area contributed by atoms with E-state index >= 15 is 0 Å². The van der Waals surface area contributed by atoms with Crippen LogP contribution in [0.3, 0.4) is 0 Å². The van der Waals surface area contributed by atoms with Crippen LogP contribution in [0, 0.1) is 0 Å². The first-order chi connectivity index (χ1) is 8.38. The highest BCUT2D eigenvalue weighted by Gasteiger charge is 2.65. The highest BCUT2D eigenvalue weighted by Crippen LogP contribution is 2.54. The van der Waals surface area contributed by atoms with E-state index in [2.05, 4.69) is 83.5 Å². The van der Waals surface area contributed by atoms with Crippen molar-refractivity contribution in [3.63, 3.8) is 0 Å². The minimum atomic E-state index is -1.54. The Bertz CT molecular complexity index is 300. The number of hydrogen-bond donors (Lipinski definition) is 2. The Balaban J connectivity index is 6.19. The molecule has 2 N–H and O–H groups in total. The summed E-state index contributed by atoms with van der Waals surface area (Å²) in [6, 6.07) is 0. The first kappa shape index (κ1) is 20.9. The zero-order valence-electron chi connectivity index (χ0n) is 16.0. The fraction of sp³-hybridized carbons (Fsp3) is 1.00. The van der Waals surface area contributed by atoms with Gasteiger partial charge in [-0.15, -0.1) is 0 Å². The van der Waals surface area contributed by atoms with Crippen molar-refractivity contribution >= 4 is 39.5 Å². The van der Waals surface area contributed by atoms with Gasteiger partial charge in [0.1, 0.15) is 8.24 Å². The monoisotopic (exact) mass is 347 g/mol. The highest BCUT2D eigenvalue weighted by atomic mass is 28.5. The Labute approximate surface area is 132 Å². The molecule has 0 aromatic rings. The van der Waals surface area contributed by atoms with Gasteiger partial charge in [-0.2, -0.15) is 0 Å². The molecule has 0 aromatic carbocycles. The summed E-state index contributed by atoms with van der Waals surface area (Å²) >= 11 is 0. The molecule has 0 heterocycles. The molecule has 20 heavy (non-hydrogen) atoms. The van der Waals surface area contributed by atoms with E-state index < -0.39 is 32.5 Å². The Hall–Kier alpha value is 0.852. The summed E-state index contributed by atoms with van der Waals surface area (Å²) in [7, 11) is -6.43. The van der Waals surface area contributed by atoms with Crippen LogP contribution in [0.25, 0.3) is 0 Å². The third-order valence-corrected chi connectivity index (χ3v) is 27.1. The van der Waals surface area contributed by atoms with Crippen molar-refractivity contribution in [1.29, 1.82) is 0 Å². The summed E-state index contributed by atoms with van der Waals surface area (Å²) in [6.45, 7) is 29.1. The third kappa shape index (κ3) is 3.98. The van der Waals surface area contributed by atoms with Gasteiger partial charge in [0, 0.05) is 24.2 Å². The number of nitrogens with one attached hydrogen (secondary N) is 1. The third-order valence-electron chi connectivity index (χ3n) is 4.53. The molecule has 0 saturated heterocycles. The molecule has 0 unspecified atom stereocenters. The van der Waals surface area contributed by atoms with Crippen LogP contribution in [0.1, 0.15) is 0 Å². The first-order valence-corrected chi connectivity index (χ1v) is 21.8. The van der Waals surface area contributed by atoms with Crippen LogP contribution in [0.5, 0.6) is 0 Å². The van der Waals surface area contributed by atoms with Gasteiger partial charge in [-0.3, -0.25) is 0 Å². The summed E-state index contributed by atoms with van der Waals surface area (Å²) in [6.07, 6.45) is 0. The number of rotatable bonds is 6. The SMILES string of the molecule is C[Si](C)(C)NB(O)C([Si](C)(C)C)([Si](C)(C)C)[Si](C)(C)C. The molecule has 0 aliphatic rings. The van der Waals surface area contributed by atoms with Gasteiger partial charge < -0.3 is 9.92 Å². The molecule has 120 valence electrons. The molecule has 0 bridgehead atoms. The van der Waals surface area contributed by atoms with Gasteiger partial charge in [0.2, 0.25) is 0 Å². The van der Waals surface area contributed by atoms with Gasteiger partial charge in [0.25, 0.3) is 0 Å². The lowest BCUT2D eigenvalue weighted by Crippen LogP contribution is -2.77. The van der Waals surface area contributed by atoms with E-state index in [9.17, 15) is 5.02 Å². The van der Waals surface area contributed by atoms with Gasteiger partial charge in [0.15, 0.2) is 0 Å². The highest BCUT2D eigenvalue weighted by molar-refractivity contribution is 7.25. The standard InChI is InChI=1S/C13H38BNOSi4/c1-17(2,3)13(18(4,5)6,19(7,8)9)14(16)15-20(10,11)12/h15-16H,1-12H3. The molecule has 7 heteroatoms. The van der Waals surface area contributed by atoms with Gasteiger partial charge >= 0.3 is 7.05 Å². The lowest BCUT2D eigenvalue weighted by atomic mass is 9.89. The molecule has 0 amide bonds. The van der Waals surface area contributed by atoms with E-state index in [1.54, 1.807) is 0 Å². The fourth-order valence-electron chi connectivity index (χ4n) is 5.12. The predicted octanol–water partition coefficient (Wildman–Crippen LogP) is 4.26. The molecular formula is C13H38BNOSi4. The molecule has 0 spiro atoms. The smallest absolute Gasteiger partial charge is 0.368 e. The summed E-state index contributed by atoms with van der Waals surface area (Å²) < 4.78 is 0.174. The second kappa shape index (κ2) is 5.81. The molecule has 0 fully saturated rings. The van der Waals surface area contributed by atoms with E-state index in [1.807, 2.05) is 0 Å². The molecule has 0 aliphatic heterocycles. The molecule has 0 atom stereocenters. The van der Waals surface area contributed by atoms with Gasteiger partial charge in [-0.1, -0.05) is 78.6 Å². The maximum absolute atomic E-state index is 11.3. The average molecular weight is 348 g/mol. The molecule has 0 aromatic heterocycles.